The Morgan fingerprint density at radius 3 is 2.54 bits per heavy atom. The molecule has 2 rings (SSSR count). The first-order valence-corrected chi connectivity index (χ1v) is 10.2. The van der Waals surface area contributed by atoms with Gasteiger partial charge in [-0.2, -0.15) is 0 Å². The molecule has 0 aliphatic carbocycles. The molecule has 0 heterocycles. The zero-order valence-electron chi connectivity index (χ0n) is 16.4. The summed E-state index contributed by atoms with van der Waals surface area (Å²) in [4.78, 5) is 6.13. The second-order valence-corrected chi connectivity index (χ2v) is 7.65. The van der Waals surface area contributed by atoms with Gasteiger partial charge in [0.15, 0.2) is 17.5 Å². The van der Waals surface area contributed by atoms with Crippen LogP contribution >= 0.6 is 24.0 Å². The Kier molecular flexibility index (Phi) is 11.1. The minimum Gasteiger partial charge on any atom is -0.494 e. The van der Waals surface area contributed by atoms with E-state index in [2.05, 4.69) is 10.3 Å². The number of halogens is 2. The summed E-state index contributed by atoms with van der Waals surface area (Å²) in [7, 11) is 4.06. The number of guanidine groups is 1. The first-order chi connectivity index (χ1) is 13.0. The van der Waals surface area contributed by atoms with Gasteiger partial charge in [-0.1, -0.05) is 36.4 Å². The van der Waals surface area contributed by atoms with Crippen LogP contribution in [0.3, 0.4) is 0 Å². The van der Waals surface area contributed by atoms with Crippen LogP contribution in [-0.2, 0) is 23.1 Å². The molecule has 28 heavy (non-hydrogen) atoms. The van der Waals surface area contributed by atoms with Crippen LogP contribution in [0, 0.1) is 5.82 Å². The van der Waals surface area contributed by atoms with Crippen LogP contribution in [0.4, 0.5) is 4.39 Å². The number of hydrogen-bond acceptors (Lipinski definition) is 3. The summed E-state index contributed by atoms with van der Waals surface area (Å²) < 4.78 is 31.0. The summed E-state index contributed by atoms with van der Waals surface area (Å²) in [5, 5.41) is 3.21. The van der Waals surface area contributed by atoms with Crippen molar-refractivity contribution in [3.8, 4) is 5.75 Å². The van der Waals surface area contributed by atoms with Crippen molar-refractivity contribution in [2.45, 2.75) is 12.3 Å². The smallest absolute Gasteiger partial charge is 0.193 e. The number of rotatable bonds is 8. The van der Waals surface area contributed by atoms with Crippen LogP contribution in [-0.4, -0.2) is 48.6 Å². The summed E-state index contributed by atoms with van der Waals surface area (Å²) in [5.74, 6) is 1.58. The fourth-order valence-electron chi connectivity index (χ4n) is 2.65. The van der Waals surface area contributed by atoms with Gasteiger partial charge in [0.1, 0.15) is 0 Å². The molecule has 0 radical (unpaired) electrons. The van der Waals surface area contributed by atoms with E-state index in [1.54, 1.807) is 13.1 Å². The molecule has 0 bridgehead atoms. The highest BCUT2D eigenvalue weighted by molar-refractivity contribution is 14.0. The average molecular weight is 519 g/mol. The van der Waals surface area contributed by atoms with Gasteiger partial charge in [0, 0.05) is 49.5 Å². The van der Waals surface area contributed by atoms with E-state index in [0.29, 0.717) is 30.6 Å². The van der Waals surface area contributed by atoms with Crippen LogP contribution in [0.15, 0.2) is 53.5 Å². The Morgan fingerprint density at radius 1 is 1.21 bits per heavy atom. The Morgan fingerprint density at radius 2 is 1.93 bits per heavy atom. The predicted molar refractivity (Wildman–Crippen MR) is 124 cm³/mol. The molecule has 2 aromatic rings. The third-order valence-corrected chi connectivity index (χ3v) is 5.31. The van der Waals surface area contributed by atoms with E-state index < -0.39 is 10.8 Å². The molecule has 0 amide bonds. The monoisotopic (exact) mass is 519 g/mol. The standard InChI is InChI=1S/C20H26FN3O2S.HI/c1-22-20(23-11-12-27(25)15-16-7-5-4-6-8-16)24(2)14-17-9-10-19(26-3)18(21)13-17;/h4-10,13H,11-12,14-15H2,1-3H3,(H,22,23);1H. The number of nitrogens with one attached hydrogen (secondary N) is 1. The van der Waals surface area contributed by atoms with E-state index in [9.17, 15) is 8.60 Å². The van der Waals surface area contributed by atoms with Gasteiger partial charge in [-0.05, 0) is 23.3 Å². The lowest BCUT2D eigenvalue weighted by atomic mass is 10.2. The predicted octanol–water partition coefficient (Wildman–Crippen LogP) is 3.41. The van der Waals surface area contributed by atoms with Crippen LogP contribution in [0.5, 0.6) is 5.75 Å². The van der Waals surface area contributed by atoms with E-state index in [-0.39, 0.29) is 35.5 Å². The lowest BCUT2D eigenvalue weighted by Crippen LogP contribution is -2.40. The van der Waals surface area contributed by atoms with Crippen LogP contribution in [0.1, 0.15) is 11.1 Å². The SMILES string of the molecule is CN=C(NCCS(=O)Cc1ccccc1)N(C)Cc1ccc(OC)c(F)c1.I. The Balaban J connectivity index is 0.00000392. The summed E-state index contributed by atoms with van der Waals surface area (Å²) in [6, 6.07) is 14.7. The highest BCUT2D eigenvalue weighted by atomic mass is 127. The fraction of sp³-hybridized carbons (Fsp3) is 0.350. The summed E-state index contributed by atoms with van der Waals surface area (Å²) in [6.07, 6.45) is 0. The van der Waals surface area contributed by atoms with Crippen LogP contribution in [0.25, 0.3) is 0 Å². The van der Waals surface area contributed by atoms with E-state index in [4.69, 9.17) is 4.74 Å². The first kappa shape index (κ1) is 24.4. The third kappa shape index (κ3) is 7.75. The average Bonchev–Trinajstić information content (AvgIpc) is 2.66. The summed E-state index contributed by atoms with van der Waals surface area (Å²) >= 11 is 0. The molecule has 8 heteroatoms. The lowest BCUT2D eigenvalue weighted by Gasteiger charge is -2.22. The molecule has 1 N–H and O–H groups in total. The van der Waals surface area contributed by atoms with Gasteiger partial charge in [0.25, 0.3) is 0 Å². The van der Waals surface area contributed by atoms with Gasteiger partial charge < -0.3 is 15.0 Å². The maximum Gasteiger partial charge on any atom is 0.193 e. The topological polar surface area (TPSA) is 53.9 Å². The van der Waals surface area contributed by atoms with Gasteiger partial charge in [-0.25, -0.2) is 4.39 Å². The number of nitrogens with zero attached hydrogens (tertiary/aromatic N) is 2. The van der Waals surface area contributed by atoms with E-state index in [0.717, 1.165) is 11.1 Å². The molecule has 0 aromatic heterocycles. The number of ether oxygens (including phenoxy) is 1. The highest BCUT2D eigenvalue weighted by Gasteiger charge is 2.10. The van der Waals surface area contributed by atoms with Crippen molar-refractivity contribution in [1.82, 2.24) is 10.2 Å². The normalized spacial score (nSPS) is 12.1. The van der Waals surface area contributed by atoms with Crippen LogP contribution in [0.2, 0.25) is 0 Å². The first-order valence-electron chi connectivity index (χ1n) is 8.66. The number of benzene rings is 2. The van der Waals surface area contributed by atoms with Crippen LogP contribution < -0.4 is 10.1 Å². The highest BCUT2D eigenvalue weighted by Crippen LogP contribution is 2.18. The molecule has 5 nitrogen and oxygen atoms in total. The van der Waals surface area contributed by atoms with E-state index in [1.165, 1.54) is 13.2 Å². The van der Waals surface area contributed by atoms with Crippen molar-refractivity contribution in [1.29, 1.82) is 0 Å². The molecule has 0 aliphatic heterocycles. The van der Waals surface area contributed by atoms with Gasteiger partial charge in [-0.15, -0.1) is 24.0 Å². The van der Waals surface area contributed by atoms with Gasteiger partial charge >= 0.3 is 0 Å². The van der Waals surface area contributed by atoms with Crippen molar-refractivity contribution in [3.05, 3.63) is 65.5 Å². The largest absolute Gasteiger partial charge is 0.494 e. The lowest BCUT2D eigenvalue weighted by molar-refractivity contribution is 0.385. The second-order valence-electron chi connectivity index (χ2n) is 6.07. The molecule has 1 unspecified atom stereocenters. The fourth-order valence-corrected chi connectivity index (χ4v) is 3.69. The number of hydrogen-bond donors (Lipinski definition) is 1. The summed E-state index contributed by atoms with van der Waals surface area (Å²) in [6.45, 7) is 1.04. The van der Waals surface area contributed by atoms with Gasteiger partial charge in [-0.3, -0.25) is 9.20 Å². The minimum atomic E-state index is -0.947. The van der Waals surface area contributed by atoms with Crippen molar-refractivity contribution in [2.24, 2.45) is 4.99 Å². The number of aliphatic imine (C=N–C) groups is 1. The maximum atomic E-state index is 13.8. The Bertz CT molecular complexity index is 790. The van der Waals surface area contributed by atoms with Gasteiger partial charge in [0.2, 0.25) is 0 Å². The summed E-state index contributed by atoms with van der Waals surface area (Å²) in [5.41, 5.74) is 1.88. The van der Waals surface area contributed by atoms with E-state index >= 15 is 0 Å². The zero-order chi connectivity index (χ0) is 19.6. The molecular formula is C20H27FIN3O2S. The molecule has 0 saturated carbocycles. The zero-order valence-corrected chi connectivity index (χ0v) is 19.5. The number of methoxy groups -OCH3 is 1. The van der Waals surface area contributed by atoms with Crippen molar-refractivity contribution < 1.29 is 13.3 Å². The molecular weight excluding hydrogens is 492 g/mol. The second kappa shape index (κ2) is 12.7. The molecule has 1 atom stereocenters. The Hall–Kier alpha value is -1.68. The van der Waals surface area contributed by atoms with Gasteiger partial charge in [0.05, 0.1) is 7.11 Å². The molecule has 0 saturated heterocycles. The van der Waals surface area contributed by atoms with Crippen molar-refractivity contribution in [3.63, 3.8) is 0 Å². The van der Waals surface area contributed by atoms with Crippen molar-refractivity contribution >= 4 is 40.7 Å². The molecule has 154 valence electrons. The Labute approximate surface area is 185 Å². The molecule has 0 aliphatic rings. The minimum absolute atomic E-state index is 0. The molecule has 0 spiro atoms. The maximum absolute atomic E-state index is 13.8. The van der Waals surface area contributed by atoms with E-state index in [1.807, 2.05) is 48.3 Å². The molecule has 0 fully saturated rings. The third-order valence-electron chi connectivity index (χ3n) is 3.99. The quantitative estimate of drug-likeness (QED) is 0.330. The molecule has 2 aromatic carbocycles. The van der Waals surface area contributed by atoms with Crippen molar-refractivity contribution in [2.75, 3.05) is 33.5 Å².